The minimum Gasteiger partial charge on any atom is -0.497 e. The minimum atomic E-state index is -0.488. The van der Waals surface area contributed by atoms with Crippen LogP contribution in [0.15, 0.2) is 36.4 Å². The summed E-state index contributed by atoms with van der Waals surface area (Å²) in [5, 5.41) is 0. The summed E-state index contributed by atoms with van der Waals surface area (Å²) in [4.78, 5) is 31.3. The van der Waals surface area contributed by atoms with Crippen molar-refractivity contribution in [1.29, 1.82) is 0 Å². The van der Waals surface area contributed by atoms with Crippen LogP contribution in [0.1, 0.15) is 15.9 Å². The normalized spacial score (nSPS) is 18.9. The molecule has 0 atom stereocenters. The van der Waals surface area contributed by atoms with E-state index in [1.807, 2.05) is 12.1 Å². The molecule has 0 aliphatic carbocycles. The number of carbonyl (C=O) groups is 2. The fourth-order valence-electron chi connectivity index (χ4n) is 4.25. The Morgan fingerprint density at radius 1 is 0.903 bits per heavy atom. The van der Waals surface area contributed by atoms with Crippen LogP contribution in [0.4, 0.5) is 5.69 Å². The van der Waals surface area contributed by atoms with Crippen molar-refractivity contribution in [1.82, 2.24) is 9.80 Å². The number of Topliss-reactive ketones (excluding diaryl/α,β-unsaturated/α-hetero) is 1. The Bertz CT molecular complexity index is 999. The number of anilines is 1. The number of methoxy groups -OCH3 is 1. The molecule has 0 radical (unpaired) electrons. The summed E-state index contributed by atoms with van der Waals surface area (Å²) in [5.74, 6) is 1.00. The maximum absolute atomic E-state index is 12.7. The molecule has 0 bridgehead atoms. The van der Waals surface area contributed by atoms with Gasteiger partial charge in [-0.2, -0.15) is 0 Å². The first-order valence-corrected chi connectivity index (χ1v) is 10.5. The Kier molecular flexibility index (Phi) is 5.25. The summed E-state index contributed by atoms with van der Waals surface area (Å²) in [7, 11) is 1.67. The van der Waals surface area contributed by atoms with Crippen molar-refractivity contribution in [3.8, 4) is 17.2 Å². The number of nitrogens with zero attached hydrogens (tertiary/aromatic N) is 3. The third-order valence-corrected chi connectivity index (χ3v) is 6.01. The number of piperazine rings is 1. The number of hydrogen-bond donors (Lipinski definition) is 0. The summed E-state index contributed by atoms with van der Waals surface area (Å²) in [6.07, 6.45) is 0. The predicted octanol–water partition coefficient (Wildman–Crippen LogP) is 1.77. The second-order valence-electron chi connectivity index (χ2n) is 7.96. The van der Waals surface area contributed by atoms with Crippen LogP contribution in [-0.4, -0.2) is 74.7 Å². The molecule has 8 heteroatoms. The summed E-state index contributed by atoms with van der Waals surface area (Å²) < 4.78 is 16.4. The Hall–Kier alpha value is -3.10. The van der Waals surface area contributed by atoms with Gasteiger partial charge in [-0.05, 0) is 23.8 Å². The molecule has 162 valence electrons. The van der Waals surface area contributed by atoms with Crippen molar-refractivity contribution in [3.63, 3.8) is 0 Å². The Balaban J connectivity index is 1.22. The molecular weight excluding hydrogens is 398 g/mol. The molecule has 31 heavy (non-hydrogen) atoms. The lowest BCUT2D eigenvalue weighted by molar-refractivity contribution is -0.114. The van der Waals surface area contributed by atoms with Gasteiger partial charge in [-0.1, -0.05) is 12.1 Å². The average Bonchev–Trinajstić information content (AvgIpc) is 3.03. The lowest BCUT2D eigenvalue weighted by atomic mass is 10.1. The molecule has 0 N–H and O–H groups in total. The van der Waals surface area contributed by atoms with Crippen molar-refractivity contribution in [2.75, 3.05) is 58.1 Å². The third kappa shape index (κ3) is 3.84. The van der Waals surface area contributed by atoms with Crippen LogP contribution in [0.25, 0.3) is 0 Å². The van der Waals surface area contributed by atoms with Crippen LogP contribution in [0.2, 0.25) is 0 Å². The summed E-state index contributed by atoms with van der Waals surface area (Å²) in [6.45, 7) is 5.63. The summed E-state index contributed by atoms with van der Waals surface area (Å²) in [5.41, 5.74) is 2.25. The number of amides is 1. The number of fused-ring (bicyclic) bond motifs is 2. The fourth-order valence-corrected chi connectivity index (χ4v) is 4.25. The van der Waals surface area contributed by atoms with Crippen LogP contribution in [0.3, 0.4) is 0 Å². The maximum atomic E-state index is 12.7. The van der Waals surface area contributed by atoms with E-state index in [0.29, 0.717) is 42.6 Å². The van der Waals surface area contributed by atoms with Gasteiger partial charge >= 0.3 is 5.91 Å². The molecule has 0 saturated carbocycles. The molecule has 0 spiro atoms. The highest BCUT2D eigenvalue weighted by atomic mass is 16.6. The third-order valence-electron chi connectivity index (χ3n) is 6.01. The average molecular weight is 423 g/mol. The number of benzene rings is 2. The second-order valence-corrected chi connectivity index (χ2v) is 7.96. The zero-order valence-electron chi connectivity index (χ0n) is 17.5. The molecule has 0 unspecified atom stereocenters. The topological polar surface area (TPSA) is 71.6 Å². The van der Waals surface area contributed by atoms with Crippen molar-refractivity contribution in [2.45, 2.75) is 6.54 Å². The lowest BCUT2D eigenvalue weighted by Crippen LogP contribution is -2.50. The van der Waals surface area contributed by atoms with E-state index in [1.165, 1.54) is 5.56 Å². The monoisotopic (exact) mass is 423 g/mol. The Morgan fingerprint density at radius 3 is 2.23 bits per heavy atom. The van der Waals surface area contributed by atoms with Gasteiger partial charge in [0.1, 0.15) is 19.0 Å². The van der Waals surface area contributed by atoms with Crippen LogP contribution >= 0.6 is 0 Å². The van der Waals surface area contributed by atoms with Crippen molar-refractivity contribution in [2.24, 2.45) is 0 Å². The zero-order chi connectivity index (χ0) is 21.4. The van der Waals surface area contributed by atoms with Crippen molar-refractivity contribution >= 4 is 17.4 Å². The second kappa shape index (κ2) is 8.20. The highest BCUT2D eigenvalue weighted by Gasteiger charge is 2.38. The molecule has 5 rings (SSSR count). The van der Waals surface area contributed by atoms with Crippen LogP contribution in [0, 0.1) is 0 Å². The van der Waals surface area contributed by atoms with Gasteiger partial charge < -0.3 is 14.2 Å². The van der Waals surface area contributed by atoms with Crippen LogP contribution in [-0.2, 0) is 11.3 Å². The molecule has 3 aliphatic heterocycles. The van der Waals surface area contributed by atoms with Gasteiger partial charge in [-0.3, -0.25) is 24.3 Å². The number of ether oxygens (including phenoxy) is 3. The molecular formula is C23H25N3O5. The summed E-state index contributed by atoms with van der Waals surface area (Å²) in [6, 6.07) is 11.5. The minimum absolute atomic E-state index is 0.396. The van der Waals surface area contributed by atoms with E-state index >= 15 is 0 Å². The van der Waals surface area contributed by atoms with Crippen LogP contribution < -0.4 is 19.1 Å². The highest BCUT2D eigenvalue weighted by Crippen LogP contribution is 2.40. The molecule has 2 aromatic carbocycles. The largest absolute Gasteiger partial charge is 0.497 e. The van der Waals surface area contributed by atoms with Crippen molar-refractivity contribution in [3.05, 3.63) is 47.5 Å². The maximum Gasteiger partial charge on any atom is 0.300 e. The molecule has 2 aromatic rings. The molecule has 1 amide bonds. The van der Waals surface area contributed by atoms with E-state index in [0.717, 1.165) is 38.5 Å². The lowest BCUT2D eigenvalue weighted by Gasteiger charge is -2.36. The fraction of sp³-hybridized carbons (Fsp3) is 0.391. The van der Waals surface area contributed by atoms with Gasteiger partial charge in [-0.15, -0.1) is 0 Å². The molecule has 8 nitrogen and oxygen atoms in total. The van der Waals surface area contributed by atoms with Gasteiger partial charge in [0.2, 0.25) is 0 Å². The van der Waals surface area contributed by atoms with E-state index in [2.05, 4.69) is 21.9 Å². The Labute approximate surface area is 180 Å². The van der Waals surface area contributed by atoms with Crippen molar-refractivity contribution < 1.29 is 23.8 Å². The quantitative estimate of drug-likeness (QED) is 0.679. The predicted molar refractivity (Wildman–Crippen MR) is 114 cm³/mol. The van der Waals surface area contributed by atoms with E-state index in [1.54, 1.807) is 24.1 Å². The standard InChI is InChI=1S/C23H25N3O5/c1-29-17-4-2-16(3-5-17)14-24-6-8-25(9-7-24)15-26-19-13-21-20(30-10-11-31-21)12-18(19)22(27)23(26)28/h2-5,12-13H,6-11,14-15H2,1H3. The highest BCUT2D eigenvalue weighted by molar-refractivity contribution is 6.52. The van der Waals surface area contributed by atoms with E-state index in [9.17, 15) is 9.59 Å². The first-order chi connectivity index (χ1) is 15.1. The summed E-state index contributed by atoms with van der Waals surface area (Å²) >= 11 is 0. The number of carbonyl (C=O) groups excluding carboxylic acids is 2. The van der Waals surface area contributed by atoms with Gasteiger partial charge in [-0.25, -0.2) is 0 Å². The van der Waals surface area contributed by atoms with E-state index in [4.69, 9.17) is 14.2 Å². The van der Waals surface area contributed by atoms with Gasteiger partial charge in [0.25, 0.3) is 5.78 Å². The smallest absolute Gasteiger partial charge is 0.300 e. The Morgan fingerprint density at radius 2 is 1.55 bits per heavy atom. The molecule has 3 heterocycles. The molecule has 3 aliphatic rings. The van der Waals surface area contributed by atoms with Gasteiger partial charge in [0.05, 0.1) is 25.0 Å². The number of rotatable bonds is 5. The first-order valence-electron chi connectivity index (χ1n) is 10.5. The van der Waals surface area contributed by atoms with E-state index < -0.39 is 11.7 Å². The molecule has 1 fully saturated rings. The molecule has 0 aromatic heterocycles. The number of ketones is 1. The molecule has 1 saturated heterocycles. The van der Waals surface area contributed by atoms with Crippen LogP contribution in [0.5, 0.6) is 17.2 Å². The number of hydrogen-bond acceptors (Lipinski definition) is 7. The first kappa shape index (κ1) is 19.8. The van der Waals surface area contributed by atoms with Gasteiger partial charge in [0.15, 0.2) is 11.5 Å². The zero-order valence-corrected chi connectivity index (χ0v) is 17.5. The van der Waals surface area contributed by atoms with Gasteiger partial charge in [0, 0.05) is 38.8 Å². The SMILES string of the molecule is COc1ccc(CN2CCN(CN3C(=O)C(=O)c4cc5c(cc43)OCCO5)CC2)cc1. The van der Waals surface area contributed by atoms with E-state index in [-0.39, 0.29) is 0 Å².